The molecule has 4 nitrogen and oxygen atoms in total. The number of aromatic nitrogens is 1. The fourth-order valence-corrected chi connectivity index (χ4v) is 2.89. The summed E-state index contributed by atoms with van der Waals surface area (Å²) >= 11 is 0. The highest BCUT2D eigenvalue weighted by atomic mass is 16.4. The fraction of sp³-hybridized carbons (Fsp3) is 0.667. The van der Waals surface area contributed by atoms with E-state index >= 15 is 0 Å². The zero-order valence-electron chi connectivity index (χ0n) is 12.0. The van der Waals surface area contributed by atoms with E-state index in [-0.39, 0.29) is 0 Å². The van der Waals surface area contributed by atoms with E-state index in [1.807, 2.05) is 16.8 Å². The van der Waals surface area contributed by atoms with Crippen LogP contribution >= 0.6 is 0 Å². The summed E-state index contributed by atoms with van der Waals surface area (Å²) in [6, 6.07) is 4.44. The minimum Gasteiger partial charge on any atom is -0.477 e. The monoisotopic (exact) mass is 264 g/mol. The maximum absolute atomic E-state index is 11.2. The van der Waals surface area contributed by atoms with Crippen LogP contribution in [0.3, 0.4) is 0 Å². The minimum absolute atomic E-state index is 0.330. The third-order valence-electron chi connectivity index (χ3n) is 4.43. The van der Waals surface area contributed by atoms with Crippen LogP contribution < -0.4 is 0 Å². The lowest BCUT2D eigenvalue weighted by Crippen LogP contribution is -2.42. The van der Waals surface area contributed by atoms with E-state index in [9.17, 15) is 4.79 Å². The van der Waals surface area contributed by atoms with Crippen molar-refractivity contribution in [1.29, 1.82) is 0 Å². The smallest absolute Gasteiger partial charge is 0.352 e. The van der Waals surface area contributed by atoms with Crippen molar-refractivity contribution in [2.75, 3.05) is 13.1 Å². The molecule has 106 valence electrons. The van der Waals surface area contributed by atoms with Crippen LogP contribution in [0.4, 0.5) is 0 Å². The lowest BCUT2D eigenvalue weighted by atomic mass is 9.98. The summed E-state index contributed by atoms with van der Waals surface area (Å²) in [7, 11) is 0. The van der Waals surface area contributed by atoms with Gasteiger partial charge in [0.05, 0.1) is 0 Å². The maximum atomic E-state index is 11.2. The molecule has 19 heavy (non-hydrogen) atoms. The average molecular weight is 264 g/mol. The van der Waals surface area contributed by atoms with Crippen molar-refractivity contribution in [3.63, 3.8) is 0 Å². The zero-order valence-corrected chi connectivity index (χ0v) is 12.0. The number of carboxylic acids is 1. The molecule has 0 amide bonds. The van der Waals surface area contributed by atoms with Gasteiger partial charge in [-0.3, -0.25) is 0 Å². The SMILES string of the molecule is CC(C)C(C)N1CCC(n2cccc2C(=O)O)CC1. The second kappa shape index (κ2) is 5.78. The van der Waals surface area contributed by atoms with E-state index in [0.717, 1.165) is 25.9 Å². The van der Waals surface area contributed by atoms with Crippen molar-refractivity contribution in [3.05, 3.63) is 24.0 Å². The van der Waals surface area contributed by atoms with Gasteiger partial charge in [0.2, 0.25) is 0 Å². The lowest BCUT2D eigenvalue weighted by molar-refractivity contribution is 0.0673. The Hall–Kier alpha value is -1.29. The Morgan fingerprint density at radius 2 is 1.95 bits per heavy atom. The first-order valence-electron chi connectivity index (χ1n) is 7.15. The molecule has 1 unspecified atom stereocenters. The summed E-state index contributed by atoms with van der Waals surface area (Å²) in [6.07, 6.45) is 3.97. The van der Waals surface area contributed by atoms with Gasteiger partial charge in [-0.2, -0.15) is 0 Å². The highest BCUT2D eigenvalue weighted by molar-refractivity contribution is 5.85. The molecule has 2 rings (SSSR count). The van der Waals surface area contributed by atoms with Crippen molar-refractivity contribution < 1.29 is 9.90 Å². The standard InChI is InChI=1S/C15H24N2O2/c1-11(2)12(3)16-9-6-13(7-10-16)17-8-4-5-14(17)15(18)19/h4-5,8,11-13H,6-7,9-10H2,1-3H3,(H,18,19). The number of likely N-dealkylation sites (tertiary alicyclic amines) is 1. The maximum Gasteiger partial charge on any atom is 0.352 e. The Morgan fingerprint density at radius 3 is 2.47 bits per heavy atom. The van der Waals surface area contributed by atoms with Crippen LogP contribution in [0.2, 0.25) is 0 Å². The lowest BCUT2D eigenvalue weighted by Gasteiger charge is -2.38. The van der Waals surface area contributed by atoms with E-state index in [0.29, 0.717) is 23.7 Å². The first-order chi connectivity index (χ1) is 9.00. The van der Waals surface area contributed by atoms with Gasteiger partial charge in [0, 0.05) is 31.4 Å². The highest BCUT2D eigenvalue weighted by Crippen LogP contribution is 2.26. The number of hydrogen-bond donors (Lipinski definition) is 1. The molecule has 2 heterocycles. The molecule has 1 aromatic rings. The molecule has 1 aromatic heterocycles. The summed E-state index contributed by atoms with van der Waals surface area (Å²) in [5, 5.41) is 9.17. The molecule has 0 bridgehead atoms. The van der Waals surface area contributed by atoms with E-state index in [1.54, 1.807) is 6.07 Å². The van der Waals surface area contributed by atoms with Gasteiger partial charge >= 0.3 is 5.97 Å². The summed E-state index contributed by atoms with van der Waals surface area (Å²) in [6.45, 7) is 8.91. The largest absolute Gasteiger partial charge is 0.477 e. The minimum atomic E-state index is -0.831. The number of hydrogen-bond acceptors (Lipinski definition) is 2. The van der Waals surface area contributed by atoms with Crippen molar-refractivity contribution in [1.82, 2.24) is 9.47 Å². The predicted octanol–water partition coefficient (Wildman–Crippen LogP) is 2.87. The zero-order chi connectivity index (χ0) is 14.0. The van der Waals surface area contributed by atoms with Gasteiger partial charge in [0.25, 0.3) is 0 Å². The van der Waals surface area contributed by atoms with Gasteiger partial charge in [0.15, 0.2) is 0 Å². The molecule has 1 saturated heterocycles. The Balaban J connectivity index is 2.00. The third kappa shape index (κ3) is 3.00. The van der Waals surface area contributed by atoms with Gasteiger partial charge in [-0.05, 0) is 37.8 Å². The molecule has 1 aliphatic heterocycles. The van der Waals surface area contributed by atoms with Gasteiger partial charge in [-0.25, -0.2) is 4.79 Å². The van der Waals surface area contributed by atoms with Gasteiger partial charge in [0.1, 0.15) is 5.69 Å². The van der Waals surface area contributed by atoms with Crippen LogP contribution in [0.15, 0.2) is 18.3 Å². The molecule has 0 radical (unpaired) electrons. The number of piperidine rings is 1. The van der Waals surface area contributed by atoms with Crippen molar-refractivity contribution in [2.45, 2.75) is 45.7 Å². The summed E-state index contributed by atoms with van der Waals surface area (Å²) < 4.78 is 1.93. The van der Waals surface area contributed by atoms with Crippen molar-refractivity contribution >= 4 is 5.97 Å². The van der Waals surface area contributed by atoms with E-state index in [4.69, 9.17) is 5.11 Å². The van der Waals surface area contributed by atoms with Crippen molar-refractivity contribution in [2.24, 2.45) is 5.92 Å². The number of carboxylic acid groups (broad SMARTS) is 1. The molecule has 1 fully saturated rings. The second-order valence-electron chi connectivity index (χ2n) is 5.86. The molecular formula is C15H24N2O2. The van der Waals surface area contributed by atoms with Crippen LogP contribution in [0.5, 0.6) is 0 Å². The topological polar surface area (TPSA) is 45.5 Å². The molecule has 0 aromatic carbocycles. The van der Waals surface area contributed by atoms with E-state index in [2.05, 4.69) is 25.7 Å². The molecular weight excluding hydrogens is 240 g/mol. The van der Waals surface area contributed by atoms with Crippen molar-refractivity contribution in [3.8, 4) is 0 Å². The Bertz CT molecular complexity index is 431. The van der Waals surface area contributed by atoms with Gasteiger partial charge in [-0.15, -0.1) is 0 Å². The number of nitrogens with zero attached hydrogens (tertiary/aromatic N) is 2. The van der Waals surface area contributed by atoms with Crippen LogP contribution in [0.1, 0.15) is 50.1 Å². The fourth-order valence-electron chi connectivity index (χ4n) is 2.89. The molecule has 0 aliphatic carbocycles. The molecule has 0 spiro atoms. The first kappa shape index (κ1) is 14.1. The van der Waals surface area contributed by atoms with Crippen LogP contribution in [0.25, 0.3) is 0 Å². The molecule has 0 saturated carbocycles. The number of rotatable bonds is 4. The third-order valence-corrected chi connectivity index (χ3v) is 4.43. The van der Waals surface area contributed by atoms with Gasteiger partial charge in [-0.1, -0.05) is 13.8 Å². The van der Waals surface area contributed by atoms with E-state index in [1.165, 1.54) is 0 Å². The van der Waals surface area contributed by atoms with E-state index < -0.39 is 5.97 Å². The van der Waals surface area contributed by atoms with Crippen LogP contribution in [0, 0.1) is 5.92 Å². The summed E-state index contributed by atoms with van der Waals surface area (Å²) in [5.74, 6) is -0.166. The Kier molecular flexibility index (Phi) is 4.30. The Labute approximate surface area is 115 Å². The second-order valence-corrected chi connectivity index (χ2v) is 5.86. The quantitative estimate of drug-likeness (QED) is 0.909. The highest BCUT2D eigenvalue weighted by Gasteiger charge is 2.26. The molecule has 1 aliphatic rings. The average Bonchev–Trinajstić information content (AvgIpc) is 2.87. The summed E-state index contributed by atoms with van der Waals surface area (Å²) in [4.78, 5) is 13.7. The normalized spacial score (nSPS) is 19.8. The summed E-state index contributed by atoms with van der Waals surface area (Å²) in [5.41, 5.74) is 0.412. The number of carbonyl (C=O) groups is 1. The first-order valence-corrected chi connectivity index (χ1v) is 7.15. The number of aromatic carboxylic acids is 1. The molecule has 1 N–H and O–H groups in total. The van der Waals surface area contributed by atoms with Crippen LogP contribution in [-0.4, -0.2) is 39.7 Å². The van der Waals surface area contributed by atoms with Crippen LogP contribution in [-0.2, 0) is 0 Å². The predicted molar refractivity (Wildman–Crippen MR) is 75.5 cm³/mol. The molecule has 1 atom stereocenters. The Morgan fingerprint density at radius 1 is 1.32 bits per heavy atom. The molecule has 4 heteroatoms. The van der Waals surface area contributed by atoms with Gasteiger partial charge < -0.3 is 14.6 Å².